The molecule has 4 aromatic rings. The van der Waals surface area contributed by atoms with Crippen molar-refractivity contribution in [3.8, 4) is 11.5 Å². The molecular formula is C23H19ClN2O5. The summed E-state index contributed by atoms with van der Waals surface area (Å²) in [6.45, 7) is 0.228. The average molecular weight is 439 g/mol. The monoisotopic (exact) mass is 438 g/mol. The van der Waals surface area contributed by atoms with Crippen molar-refractivity contribution in [2.24, 2.45) is 4.99 Å². The van der Waals surface area contributed by atoms with E-state index in [2.05, 4.69) is 10.3 Å². The van der Waals surface area contributed by atoms with Gasteiger partial charge in [-0.2, -0.15) is 0 Å². The van der Waals surface area contributed by atoms with Gasteiger partial charge in [0.1, 0.15) is 28.4 Å². The quantitative estimate of drug-likeness (QED) is 0.464. The maximum atomic E-state index is 13.0. The zero-order chi connectivity index (χ0) is 21.8. The summed E-state index contributed by atoms with van der Waals surface area (Å²) in [5, 5.41) is 4.03. The first-order valence-corrected chi connectivity index (χ1v) is 9.75. The molecule has 0 aliphatic carbocycles. The predicted molar refractivity (Wildman–Crippen MR) is 116 cm³/mol. The first kappa shape index (κ1) is 20.6. The lowest BCUT2D eigenvalue weighted by molar-refractivity contribution is 0.0944. The van der Waals surface area contributed by atoms with Crippen LogP contribution in [0, 0.1) is 0 Å². The number of hydrogen-bond acceptors (Lipinski definition) is 6. The van der Waals surface area contributed by atoms with E-state index in [1.54, 1.807) is 75.1 Å². The molecule has 31 heavy (non-hydrogen) atoms. The summed E-state index contributed by atoms with van der Waals surface area (Å²) in [6.07, 6.45) is 1.55. The van der Waals surface area contributed by atoms with Crippen LogP contribution in [0.2, 0.25) is 5.02 Å². The third kappa shape index (κ3) is 4.73. The highest BCUT2D eigenvalue weighted by molar-refractivity contribution is 6.31. The number of ether oxygens (including phenoxy) is 2. The minimum absolute atomic E-state index is 0.141. The van der Waals surface area contributed by atoms with Crippen molar-refractivity contribution in [2.75, 3.05) is 14.2 Å². The van der Waals surface area contributed by atoms with Gasteiger partial charge in [-0.15, -0.1) is 0 Å². The van der Waals surface area contributed by atoms with Crippen molar-refractivity contribution >= 4 is 34.2 Å². The van der Waals surface area contributed by atoms with Gasteiger partial charge in [0.25, 0.3) is 5.91 Å². The van der Waals surface area contributed by atoms with Crippen molar-refractivity contribution in [3.05, 3.63) is 82.8 Å². The maximum Gasteiger partial charge on any atom is 0.257 e. The molecule has 2 aromatic carbocycles. The van der Waals surface area contributed by atoms with Crippen molar-refractivity contribution in [1.82, 2.24) is 5.32 Å². The number of hydrogen-bond donors (Lipinski definition) is 1. The summed E-state index contributed by atoms with van der Waals surface area (Å²) >= 11 is 6.11. The molecule has 2 aromatic heterocycles. The number of carbonyl (C=O) groups is 1. The summed E-state index contributed by atoms with van der Waals surface area (Å²) in [6, 6.07) is 15.6. The fourth-order valence-corrected chi connectivity index (χ4v) is 3.18. The molecule has 0 fully saturated rings. The number of carbonyl (C=O) groups excluding carboxylic acids is 1. The highest BCUT2D eigenvalue weighted by Gasteiger charge is 2.14. The number of furan rings is 1. The molecular weight excluding hydrogens is 420 g/mol. The van der Waals surface area contributed by atoms with Crippen LogP contribution >= 0.6 is 11.6 Å². The van der Waals surface area contributed by atoms with Crippen molar-refractivity contribution < 1.29 is 23.1 Å². The molecule has 1 amide bonds. The van der Waals surface area contributed by atoms with Crippen LogP contribution in [-0.4, -0.2) is 20.1 Å². The van der Waals surface area contributed by atoms with Gasteiger partial charge in [0.2, 0.25) is 5.55 Å². The molecule has 0 aliphatic heterocycles. The molecule has 0 bridgehead atoms. The number of rotatable bonds is 6. The molecule has 0 saturated carbocycles. The lowest BCUT2D eigenvalue weighted by atomic mass is 10.1. The fourth-order valence-electron chi connectivity index (χ4n) is 3.00. The average Bonchev–Trinajstić information content (AvgIpc) is 3.30. The van der Waals surface area contributed by atoms with Gasteiger partial charge < -0.3 is 23.6 Å². The van der Waals surface area contributed by atoms with Crippen molar-refractivity contribution in [3.63, 3.8) is 0 Å². The van der Waals surface area contributed by atoms with Gasteiger partial charge in [0, 0.05) is 28.6 Å². The highest BCUT2D eigenvalue weighted by Crippen LogP contribution is 2.27. The molecule has 0 saturated heterocycles. The van der Waals surface area contributed by atoms with Gasteiger partial charge in [-0.3, -0.25) is 4.79 Å². The predicted octanol–water partition coefficient (Wildman–Crippen LogP) is 4.86. The Morgan fingerprint density at radius 2 is 1.84 bits per heavy atom. The second kappa shape index (κ2) is 8.97. The molecule has 0 atom stereocenters. The van der Waals surface area contributed by atoms with E-state index in [0.717, 1.165) is 0 Å². The van der Waals surface area contributed by atoms with E-state index in [0.29, 0.717) is 38.9 Å². The second-order valence-corrected chi connectivity index (χ2v) is 7.03. The molecule has 2 heterocycles. The first-order valence-electron chi connectivity index (χ1n) is 9.37. The Labute approximate surface area is 182 Å². The Bertz CT molecular complexity index is 1270. The van der Waals surface area contributed by atoms with Crippen LogP contribution in [0.15, 0.2) is 74.7 Å². The molecule has 0 spiro atoms. The molecule has 0 aliphatic rings. The SMILES string of the molecule is COc1cc(N=c2oc3ccc(Cl)cc3cc2C(=O)NCc2ccco2)cc(OC)c1. The van der Waals surface area contributed by atoms with Gasteiger partial charge in [0.05, 0.1) is 32.7 Å². The van der Waals surface area contributed by atoms with E-state index < -0.39 is 0 Å². The third-order valence-electron chi connectivity index (χ3n) is 4.52. The Morgan fingerprint density at radius 3 is 2.52 bits per heavy atom. The largest absolute Gasteiger partial charge is 0.497 e. The summed E-state index contributed by atoms with van der Waals surface area (Å²) < 4.78 is 21.8. The highest BCUT2D eigenvalue weighted by atomic mass is 35.5. The molecule has 158 valence electrons. The van der Waals surface area contributed by atoms with Crippen LogP contribution in [0.25, 0.3) is 11.0 Å². The van der Waals surface area contributed by atoms with Crippen LogP contribution in [0.4, 0.5) is 5.69 Å². The zero-order valence-corrected chi connectivity index (χ0v) is 17.6. The van der Waals surface area contributed by atoms with Gasteiger partial charge in [-0.1, -0.05) is 11.6 Å². The molecule has 0 unspecified atom stereocenters. The zero-order valence-electron chi connectivity index (χ0n) is 16.8. The Balaban J connectivity index is 1.82. The summed E-state index contributed by atoms with van der Waals surface area (Å²) in [5.74, 6) is 1.39. The van der Waals surface area contributed by atoms with Gasteiger partial charge >= 0.3 is 0 Å². The molecule has 4 rings (SSSR count). The number of fused-ring (bicyclic) bond motifs is 1. The number of nitrogens with zero attached hydrogens (tertiary/aromatic N) is 1. The number of benzene rings is 2. The minimum Gasteiger partial charge on any atom is -0.497 e. The van der Waals surface area contributed by atoms with Crippen molar-refractivity contribution in [2.45, 2.75) is 6.54 Å². The van der Waals surface area contributed by atoms with Crippen LogP contribution < -0.4 is 20.3 Å². The Hall–Kier alpha value is -3.71. The van der Waals surface area contributed by atoms with E-state index in [1.165, 1.54) is 0 Å². The number of methoxy groups -OCH3 is 2. The first-order chi connectivity index (χ1) is 15.1. The van der Waals surface area contributed by atoms with Crippen LogP contribution in [0.1, 0.15) is 16.1 Å². The summed E-state index contributed by atoms with van der Waals surface area (Å²) in [4.78, 5) is 17.5. The smallest absolute Gasteiger partial charge is 0.257 e. The molecule has 1 N–H and O–H groups in total. The standard InChI is InChI=1S/C23H19ClN2O5/c1-28-18-10-16(11-19(12-18)29-2)26-23-20(22(27)25-13-17-4-3-7-30-17)9-14-8-15(24)5-6-21(14)31-23/h3-12H,13H2,1-2H3,(H,25,27). The molecule has 0 radical (unpaired) electrons. The minimum atomic E-state index is -0.365. The van der Waals surface area contributed by atoms with E-state index in [4.69, 9.17) is 29.9 Å². The van der Waals surface area contributed by atoms with Crippen molar-refractivity contribution in [1.29, 1.82) is 0 Å². The van der Waals surface area contributed by atoms with Gasteiger partial charge in [-0.05, 0) is 36.4 Å². The van der Waals surface area contributed by atoms with E-state index in [1.807, 2.05) is 0 Å². The van der Waals surface area contributed by atoms with E-state index >= 15 is 0 Å². The molecule has 7 nitrogen and oxygen atoms in total. The molecule has 8 heteroatoms. The number of nitrogens with one attached hydrogen (secondary N) is 1. The Morgan fingerprint density at radius 1 is 1.06 bits per heavy atom. The number of amides is 1. The Kier molecular flexibility index (Phi) is 5.95. The lowest BCUT2D eigenvalue weighted by Crippen LogP contribution is -2.28. The number of halogens is 1. The van der Waals surface area contributed by atoms with Crippen LogP contribution in [-0.2, 0) is 6.54 Å². The van der Waals surface area contributed by atoms with Gasteiger partial charge in [0.15, 0.2) is 0 Å². The van der Waals surface area contributed by atoms with E-state index in [-0.39, 0.29) is 23.6 Å². The maximum absolute atomic E-state index is 13.0. The van der Waals surface area contributed by atoms with Crippen LogP contribution in [0.3, 0.4) is 0 Å². The van der Waals surface area contributed by atoms with E-state index in [9.17, 15) is 4.79 Å². The third-order valence-corrected chi connectivity index (χ3v) is 4.76. The second-order valence-electron chi connectivity index (χ2n) is 6.59. The summed E-state index contributed by atoms with van der Waals surface area (Å²) in [5.41, 5.74) is 1.44. The topological polar surface area (TPSA) is 86.2 Å². The lowest BCUT2D eigenvalue weighted by Gasteiger charge is -2.08. The van der Waals surface area contributed by atoms with Gasteiger partial charge in [-0.25, -0.2) is 4.99 Å². The summed E-state index contributed by atoms with van der Waals surface area (Å²) in [7, 11) is 3.10. The fraction of sp³-hybridized carbons (Fsp3) is 0.130. The normalized spacial score (nSPS) is 11.5. The van der Waals surface area contributed by atoms with Crippen LogP contribution in [0.5, 0.6) is 11.5 Å².